The Morgan fingerprint density at radius 1 is 1.44 bits per heavy atom. The van der Waals surface area contributed by atoms with Crippen LogP contribution in [0.15, 0.2) is 6.20 Å². The molecule has 0 saturated carbocycles. The molecule has 0 radical (unpaired) electrons. The van der Waals surface area contributed by atoms with Crippen molar-refractivity contribution in [3.05, 3.63) is 11.9 Å². The summed E-state index contributed by atoms with van der Waals surface area (Å²) in [5.41, 5.74) is -0.103. The van der Waals surface area contributed by atoms with E-state index in [1.54, 1.807) is 0 Å². The molecule has 0 bridgehead atoms. The Morgan fingerprint density at radius 2 is 2.22 bits per heavy atom. The molecule has 0 unspecified atom stereocenters. The quantitative estimate of drug-likeness (QED) is 0.519. The monoisotopic (exact) mass is 255 g/mol. The van der Waals surface area contributed by atoms with Gasteiger partial charge in [0.2, 0.25) is 5.91 Å². The lowest BCUT2D eigenvalue weighted by molar-refractivity contribution is -0.121. The van der Waals surface area contributed by atoms with Gasteiger partial charge in [0.25, 0.3) is 0 Å². The van der Waals surface area contributed by atoms with E-state index in [1.165, 1.54) is 10.9 Å². The van der Waals surface area contributed by atoms with E-state index < -0.39 is 5.97 Å². The van der Waals surface area contributed by atoms with Crippen LogP contribution in [0.25, 0.3) is 0 Å². The first-order valence-electron chi connectivity index (χ1n) is 5.74. The predicted octanol–water partition coefficient (Wildman–Crippen LogP) is -0.908. The van der Waals surface area contributed by atoms with Crippen LogP contribution in [0.2, 0.25) is 0 Å². The lowest BCUT2D eigenvalue weighted by atomic mass is 10.4. The zero-order chi connectivity index (χ0) is 13.4. The minimum atomic E-state index is -1.11. The average Bonchev–Trinajstić information content (AvgIpc) is 2.78. The van der Waals surface area contributed by atoms with Gasteiger partial charge in [-0.2, -0.15) is 0 Å². The number of nitrogens with zero attached hydrogens (tertiary/aromatic N) is 3. The minimum absolute atomic E-state index is 0.0467. The summed E-state index contributed by atoms with van der Waals surface area (Å²) >= 11 is 0. The van der Waals surface area contributed by atoms with Gasteiger partial charge in [-0.3, -0.25) is 4.79 Å². The molecule has 0 aliphatic carbocycles. The van der Waals surface area contributed by atoms with Gasteiger partial charge < -0.3 is 15.7 Å². The summed E-state index contributed by atoms with van der Waals surface area (Å²) in [4.78, 5) is 21.9. The number of aromatic carboxylic acids is 1. The number of rotatable bonds is 8. The smallest absolute Gasteiger partial charge is 0.358 e. The van der Waals surface area contributed by atoms with E-state index in [-0.39, 0.29) is 11.6 Å². The number of aromatic nitrogens is 3. The minimum Gasteiger partial charge on any atom is -0.476 e. The standard InChI is InChI=1S/C10H17N5O3/c1-2-11-4-3-9(16)12-5-6-15-7-8(10(17)18)13-14-15/h7,11H,2-6H2,1H3,(H,12,16)(H,17,18). The van der Waals surface area contributed by atoms with E-state index in [4.69, 9.17) is 5.11 Å². The van der Waals surface area contributed by atoms with E-state index in [1.807, 2.05) is 6.92 Å². The Kier molecular flexibility index (Phi) is 5.78. The fourth-order valence-electron chi connectivity index (χ4n) is 1.28. The zero-order valence-electron chi connectivity index (χ0n) is 10.2. The highest BCUT2D eigenvalue weighted by atomic mass is 16.4. The Morgan fingerprint density at radius 3 is 2.83 bits per heavy atom. The number of hydrogen-bond acceptors (Lipinski definition) is 5. The second kappa shape index (κ2) is 7.38. The van der Waals surface area contributed by atoms with Crippen LogP contribution in [0.5, 0.6) is 0 Å². The van der Waals surface area contributed by atoms with Gasteiger partial charge in [0.1, 0.15) is 0 Å². The maximum absolute atomic E-state index is 11.3. The van der Waals surface area contributed by atoms with Gasteiger partial charge in [-0.25, -0.2) is 9.48 Å². The van der Waals surface area contributed by atoms with E-state index in [0.29, 0.717) is 26.1 Å². The second-order valence-corrected chi connectivity index (χ2v) is 3.63. The van der Waals surface area contributed by atoms with Crippen molar-refractivity contribution in [1.82, 2.24) is 25.6 Å². The summed E-state index contributed by atoms with van der Waals surface area (Å²) < 4.78 is 1.38. The van der Waals surface area contributed by atoms with Crippen molar-refractivity contribution in [2.24, 2.45) is 0 Å². The van der Waals surface area contributed by atoms with Crippen LogP contribution in [0.3, 0.4) is 0 Å². The van der Waals surface area contributed by atoms with E-state index in [0.717, 1.165) is 6.54 Å². The van der Waals surface area contributed by atoms with Crippen molar-refractivity contribution in [1.29, 1.82) is 0 Å². The van der Waals surface area contributed by atoms with Gasteiger partial charge >= 0.3 is 5.97 Å². The highest BCUT2D eigenvalue weighted by molar-refractivity contribution is 5.84. The summed E-state index contributed by atoms with van der Waals surface area (Å²) in [6.07, 6.45) is 1.75. The lowest BCUT2D eigenvalue weighted by Gasteiger charge is -2.05. The van der Waals surface area contributed by atoms with Gasteiger partial charge in [0, 0.05) is 19.5 Å². The number of carboxylic acids is 1. The fraction of sp³-hybridized carbons (Fsp3) is 0.600. The SMILES string of the molecule is CCNCCC(=O)NCCn1cc(C(=O)O)nn1. The van der Waals surface area contributed by atoms with Crippen molar-refractivity contribution in [3.63, 3.8) is 0 Å². The van der Waals surface area contributed by atoms with Gasteiger partial charge in [0.05, 0.1) is 12.7 Å². The summed E-state index contributed by atoms with van der Waals surface area (Å²) in [6, 6.07) is 0. The van der Waals surface area contributed by atoms with E-state index >= 15 is 0 Å². The van der Waals surface area contributed by atoms with Crippen molar-refractivity contribution in [3.8, 4) is 0 Å². The third-order valence-electron chi connectivity index (χ3n) is 2.20. The molecule has 1 amide bonds. The van der Waals surface area contributed by atoms with E-state index in [2.05, 4.69) is 20.9 Å². The van der Waals surface area contributed by atoms with Crippen LogP contribution >= 0.6 is 0 Å². The molecule has 0 atom stereocenters. The first kappa shape index (κ1) is 14.1. The molecule has 0 saturated heterocycles. The average molecular weight is 255 g/mol. The molecule has 0 aromatic carbocycles. The highest BCUT2D eigenvalue weighted by Gasteiger charge is 2.07. The number of carbonyl (C=O) groups is 2. The molecule has 0 spiro atoms. The van der Waals surface area contributed by atoms with Crippen molar-refractivity contribution < 1.29 is 14.7 Å². The number of carbonyl (C=O) groups excluding carboxylic acids is 1. The molecule has 100 valence electrons. The summed E-state index contributed by atoms with van der Waals surface area (Å²) in [5.74, 6) is -1.16. The second-order valence-electron chi connectivity index (χ2n) is 3.63. The molecular formula is C10H17N5O3. The molecule has 8 nitrogen and oxygen atoms in total. The number of carboxylic acid groups (broad SMARTS) is 1. The molecule has 1 rings (SSSR count). The Balaban J connectivity index is 2.20. The molecule has 1 aromatic heterocycles. The van der Waals surface area contributed by atoms with Crippen LogP contribution in [0, 0.1) is 0 Å². The van der Waals surface area contributed by atoms with Gasteiger partial charge in [-0.1, -0.05) is 12.1 Å². The lowest BCUT2D eigenvalue weighted by Crippen LogP contribution is -2.30. The number of hydrogen-bond donors (Lipinski definition) is 3. The molecule has 0 fully saturated rings. The van der Waals surface area contributed by atoms with Gasteiger partial charge in [-0.05, 0) is 6.54 Å². The van der Waals surface area contributed by atoms with Crippen LogP contribution in [-0.4, -0.2) is 51.6 Å². The zero-order valence-corrected chi connectivity index (χ0v) is 10.2. The maximum Gasteiger partial charge on any atom is 0.358 e. The summed E-state index contributed by atoms with van der Waals surface area (Å²) in [5, 5.41) is 21.5. The highest BCUT2D eigenvalue weighted by Crippen LogP contribution is 1.91. The normalized spacial score (nSPS) is 10.3. The molecule has 1 heterocycles. The van der Waals surface area contributed by atoms with Crippen molar-refractivity contribution in [2.45, 2.75) is 19.9 Å². The Labute approximate surface area is 104 Å². The molecule has 0 aliphatic heterocycles. The maximum atomic E-state index is 11.3. The summed E-state index contributed by atoms with van der Waals surface area (Å²) in [7, 11) is 0. The first-order valence-corrected chi connectivity index (χ1v) is 5.74. The largest absolute Gasteiger partial charge is 0.476 e. The van der Waals surface area contributed by atoms with Crippen LogP contribution in [-0.2, 0) is 11.3 Å². The summed E-state index contributed by atoms with van der Waals surface area (Å²) in [6.45, 7) is 4.25. The van der Waals surface area contributed by atoms with E-state index in [9.17, 15) is 9.59 Å². The molecule has 0 aliphatic rings. The first-order chi connectivity index (χ1) is 8.63. The third-order valence-corrected chi connectivity index (χ3v) is 2.20. The number of nitrogens with one attached hydrogen (secondary N) is 2. The molecular weight excluding hydrogens is 238 g/mol. The molecule has 8 heteroatoms. The Hall–Kier alpha value is -1.96. The third kappa shape index (κ3) is 4.91. The number of amides is 1. The predicted molar refractivity (Wildman–Crippen MR) is 63.2 cm³/mol. The van der Waals surface area contributed by atoms with Crippen molar-refractivity contribution >= 4 is 11.9 Å². The van der Waals surface area contributed by atoms with Gasteiger partial charge in [-0.15, -0.1) is 5.10 Å². The molecule has 18 heavy (non-hydrogen) atoms. The topological polar surface area (TPSA) is 109 Å². The van der Waals surface area contributed by atoms with Gasteiger partial charge in [0.15, 0.2) is 5.69 Å². The Bertz CT molecular complexity index is 404. The van der Waals surface area contributed by atoms with Crippen LogP contribution < -0.4 is 10.6 Å². The van der Waals surface area contributed by atoms with Crippen LogP contribution in [0.1, 0.15) is 23.8 Å². The molecule has 3 N–H and O–H groups in total. The van der Waals surface area contributed by atoms with Crippen molar-refractivity contribution in [2.75, 3.05) is 19.6 Å². The molecule has 1 aromatic rings. The fourth-order valence-corrected chi connectivity index (χ4v) is 1.28. The van der Waals surface area contributed by atoms with Crippen LogP contribution in [0.4, 0.5) is 0 Å².